The van der Waals surface area contributed by atoms with Crippen LogP contribution in [0.1, 0.15) is 32.1 Å². The molecule has 0 fully saturated rings. The first-order valence-electron chi connectivity index (χ1n) is 4.85. The molecule has 0 saturated carbocycles. The average Bonchev–Trinajstić information content (AvgIpc) is 1.85. The van der Waals surface area contributed by atoms with E-state index in [2.05, 4.69) is 24.2 Å². The number of unbranched alkanes of at least 4 members (excludes halogenated alkanes) is 4. The van der Waals surface area contributed by atoms with Crippen molar-refractivity contribution in [3.05, 3.63) is 6.92 Å². The van der Waals surface area contributed by atoms with Gasteiger partial charge in [0.15, 0.2) is 0 Å². The van der Waals surface area contributed by atoms with Crippen molar-refractivity contribution in [2.75, 3.05) is 0 Å². The van der Waals surface area contributed by atoms with Gasteiger partial charge in [0, 0.05) is 0 Å². The van der Waals surface area contributed by atoms with E-state index in [1.807, 2.05) is 0 Å². The molecule has 0 nitrogen and oxygen atoms in total. The van der Waals surface area contributed by atoms with Gasteiger partial charge in [-0.2, -0.15) is 0 Å². The van der Waals surface area contributed by atoms with Crippen molar-refractivity contribution in [1.29, 1.82) is 0 Å². The molecule has 0 atom stereocenters. The molecule has 67 valence electrons. The molecule has 0 rings (SSSR count). The van der Waals surface area contributed by atoms with E-state index in [9.17, 15) is 0 Å². The Balaban J connectivity index is 3.02. The Kier molecular flexibility index (Phi) is 6.40. The van der Waals surface area contributed by atoms with Gasteiger partial charge in [-0.15, -0.1) is 0 Å². The zero-order chi connectivity index (χ0) is 8.74. The topological polar surface area (TPSA) is 0 Å². The molecule has 0 aromatic carbocycles. The van der Waals surface area contributed by atoms with Crippen LogP contribution in [0, 0.1) is 6.92 Å². The van der Waals surface area contributed by atoms with Crippen molar-refractivity contribution in [3.8, 4) is 0 Å². The monoisotopic (exact) mass is 217 g/mol. The van der Waals surface area contributed by atoms with E-state index >= 15 is 0 Å². The van der Waals surface area contributed by atoms with Crippen LogP contribution in [0.15, 0.2) is 0 Å². The van der Waals surface area contributed by atoms with Gasteiger partial charge in [-0.1, -0.05) is 0 Å². The molecule has 0 aromatic rings. The van der Waals surface area contributed by atoms with Gasteiger partial charge in [0.25, 0.3) is 0 Å². The Hall–Kier alpha value is 0.543. The molecule has 0 heterocycles. The maximum absolute atomic E-state index is 3.84. The van der Waals surface area contributed by atoms with Crippen LogP contribution in [-0.4, -0.2) is 13.3 Å². The second kappa shape index (κ2) is 6.10. The second-order valence-electron chi connectivity index (χ2n) is 4.58. The predicted octanol–water partition coefficient (Wildman–Crippen LogP) is 4.11. The molecule has 0 amide bonds. The van der Waals surface area contributed by atoms with Crippen molar-refractivity contribution in [2.45, 2.75) is 54.6 Å². The fourth-order valence-corrected chi connectivity index (χ4v) is 3.94. The summed E-state index contributed by atoms with van der Waals surface area (Å²) in [6.07, 6.45) is 6.78. The van der Waals surface area contributed by atoms with E-state index < -0.39 is 13.3 Å². The van der Waals surface area contributed by atoms with Crippen molar-refractivity contribution in [3.63, 3.8) is 0 Å². The molecular weight excluding hydrogens is 193 g/mol. The van der Waals surface area contributed by atoms with E-state index in [0.717, 1.165) is 6.42 Å². The maximum atomic E-state index is 3.84. The quantitative estimate of drug-likeness (QED) is 0.462. The second-order valence-corrected chi connectivity index (χ2v) is 16.4. The van der Waals surface area contributed by atoms with Crippen LogP contribution in [0.25, 0.3) is 0 Å². The van der Waals surface area contributed by atoms with Crippen LogP contribution in [0.2, 0.25) is 22.5 Å². The Morgan fingerprint density at radius 3 is 1.91 bits per heavy atom. The SMILES string of the molecule is [CH2]CCCCC[CH2][Ge]([CH3])([CH3])[CH3]. The zero-order valence-electron chi connectivity index (χ0n) is 8.45. The molecule has 0 unspecified atom stereocenters. The van der Waals surface area contributed by atoms with Gasteiger partial charge in [-0.05, 0) is 0 Å². The summed E-state index contributed by atoms with van der Waals surface area (Å²) in [5.41, 5.74) is 0. The summed E-state index contributed by atoms with van der Waals surface area (Å²) in [6.45, 7) is 3.84. The van der Waals surface area contributed by atoms with Crippen LogP contribution in [-0.2, 0) is 0 Å². The molecule has 0 saturated heterocycles. The summed E-state index contributed by atoms with van der Waals surface area (Å²) in [5, 5.41) is 1.55. The molecule has 0 spiro atoms. The number of rotatable bonds is 6. The van der Waals surface area contributed by atoms with Gasteiger partial charge < -0.3 is 0 Å². The van der Waals surface area contributed by atoms with Crippen LogP contribution in [0.3, 0.4) is 0 Å². The standard InChI is InChI=1S/C10H23Ge/c1-5-6-7-8-9-10-11(2,3)4/h1,5-10H2,2-4H3. The summed E-state index contributed by atoms with van der Waals surface area (Å²) in [7, 11) is 0. The van der Waals surface area contributed by atoms with Crippen LogP contribution in [0.5, 0.6) is 0 Å². The van der Waals surface area contributed by atoms with Crippen LogP contribution < -0.4 is 0 Å². The molecule has 1 heteroatoms. The Morgan fingerprint density at radius 1 is 0.909 bits per heavy atom. The zero-order valence-corrected chi connectivity index (χ0v) is 10.5. The third kappa shape index (κ3) is 10.5. The summed E-state index contributed by atoms with van der Waals surface area (Å²) in [4.78, 5) is 0. The van der Waals surface area contributed by atoms with Gasteiger partial charge >= 0.3 is 74.8 Å². The van der Waals surface area contributed by atoms with Crippen LogP contribution >= 0.6 is 0 Å². The molecule has 11 heavy (non-hydrogen) atoms. The summed E-state index contributed by atoms with van der Waals surface area (Å²) >= 11 is -1.18. The third-order valence-corrected chi connectivity index (χ3v) is 5.82. The van der Waals surface area contributed by atoms with Gasteiger partial charge in [0.1, 0.15) is 0 Å². The first-order chi connectivity index (χ1) is 5.06. The molecular formula is C10H23Ge. The predicted molar refractivity (Wildman–Crippen MR) is 56.6 cm³/mol. The average molecular weight is 216 g/mol. The van der Waals surface area contributed by atoms with Gasteiger partial charge in [-0.25, -0.2) is 0 Å². The molecule has 0 aliphatic heterocycles. The molecule has 0 aliphatic carbocycles. The fourth-order valence-electron chi connectivity index (χ4n) is 1.19. The molecule has 1 radical (unpaired) electrons. The summed E-state index contributed by atoms with van der Waals surface area (Å²) < 4.78 is 0. The van der Waals surface area contributed by atoms with E-state index in [-0.39, 0.29) is 0 Å². The van der Waals surface area contributed by atoms with Crippen molar-refractivity contribution < 1.29 is 0 Å². The molecule has 0 bridgehead atoms. The fraction of sp³-hybridized carbons (Fsp3) is 0.900. The van der Waals surface area contributed by atoms with Crippen molar-refractivity contribution >= 4 is 13.3 Å². The molecule has 0 aliphatic rings. The molecule has 0 aromatic heterocycles. The molecule has 0 N–H and O–H groups in total. The Bertz CT molecular complexity index is 81.4. The van der Waals surface area contributed by atoms with E-state index in [4.69, 9.17) is 0 Å². The summed E-state index contributed by atoms with van der Waals surface area (Å²) in [6, 6.07) is 0. The normalized spacial score (nSPS) is 12.0. The van der Waals surface area contributed by atoms with Gasteiger partial charge in [-0.3, -0.25) is 0 Å². The van der Waals surface area contributed by atoms with Crippen LogP contribution in [0.4, 0.5) is 0 Å². The van der Waals surface area contributed by atoms with Crippen molar-refractivity contribution in [2.24, 2.45) is 0 Å². The Labute approximate surface area is 75.1 Å². The van der Waals surface area contributed by atoms with Gasteiger partial charge in [0.05, 0.1) is 0 Å². The van der Waals surface area contributed by atoms with E-state index in [0.29, 0.717) is 0 Å². The Morgan fingerprint density at radius 2 is 1.45 bits per heavy atom. The number of hydrogen-bond acceptors (Lipinski definition) is 0. The van der Waals surface area contributed by atoms with E-state index in [1.54, 1.807) is 5.25 Å². The minimum atomic E-state index is -1.18. The number of hydrogen-bond donors (Lipinski definition) is 0. The van der Waals surface area contributed by atoms with E-state index in [1.165, 1.54) is 25.7 Å². The van der Waals surface area contributed by atoms with Gasteiger partial charge in [0.2, 0.25) is 0 Å². The third-order valence-electron chi connectivity index (χ3n) is 1.93. The first kappa shape index (κ1) is 11.5. The first-order valence-corrected chi connectivity index (χ1v) is 12.6. The minimum absolute atomic E-state index is 1.12. The summed E-state index contributed by atoms with van der Waals surface area (Å²) in [5.74, 6) is 7.50. The van der Waals surface area contributed by atoms with Crippen molar-refractivity contribution in [1.82, 2.24) is 0 Å².